The lowest BCUT2D eigenvalue weighted by molar-refractivity contribution is 0.474. The van der Waals surface area contributed by atoms with E-state index < -0.39 is 0 Å². The first kappa shape index (κ1) is 16.1. The van der Waals surface area contributed by atoms with Crippen LogP contribution in [0.2, 0.25) is 0 Å². The minimum atomic E-state index is 0.636. The van der Waals surface area contributed by atoms with Gasteiger partial charge in [-0.3, -0.25) is 4.99 Å². The fourth-order valence-corrected chi connectivity index (χ4v) is 2.83. The second-order valence-electron chi connectivity index (χ2n) is 5.82. The van der Waals surface area contributed by atoms with E-state index in [1.165, 1.54) is 5.56 Å². The molecule has 1 heterocycles. The lowest BCUT2D eigenvalue weighted by Crippen LogP contribution is -2.38. The van der Waals surface area contributed by atoms with Crippen molar-refractivity contribution in [3.8, 4) is 0 Å². The molecule has 1 aromatic heterocycles. The van der Waals surface area contributed by atoms with Crippen molar-refractivity contribution in [2.45, 2.75) is 13.1 Å². The number of nitrogens with zero attached hydrogens (tertiary/aromatic N) is 4. The largest absolute Gasteiger partial charge is 0.349 e. The molecule has 1 N–H and O–H groups in total. The maximum absolute atomic E-state index is 4.69. The Morgan fingerprint density at radius 1 is 1.12 bits per heavy atom. The van der Waals surface area contributed by atoms with Gasteiger partial charge in [0.1, 0.15) is 5.82 Å². The summed E-state index contributed by atoms with van der Waals surface area (Å²) in [6.45, 7) is 1.44. The molecule has 0 saturated heterocycles. The molecule has 124 valence electrons. The van der Waals surface area contributed by atoms with Crippen molar-refractivity contribution < 1.29 is 0 Å². The van der Waals surface area contributed by atoms with Crippen molar-refractivity contribution in [1.29, 1.82) is 0 Å². The molecule has 24 heavy (non-hydrogen) atoms. The van der Waals surface area contributed by atoms with E-state index in [1.54, 1.807) is 7.05 Å². The van der Waals surface area contributed by atoms with Crippen molar-refractivity contribution in [2.75, 3.05) is 14.1 Å². The van der Waals surface area contributed by atoms with Crippen molar-refractivity contribution in [3.05, 3.63) is 66.0 Å². The van der Waals surface area contributed by atoms with Gasteiger partial charge in [0.25, 0.3) is 0 Å². The van der Waals surface area contributed by atoms with Gasteiger partial charge in [0.15, 0.2) is 5.96 Å². The molecule has 3 rings (SSSR count). The number of hydrogen-bond acceptors (Lipinski definition) is 2. The summed E-state index contributed by atoms with van der Waals surface area (Å²) in [5, 5.41) is 3.40. The van der Waals surface area contributed by atoms with Gasteiger partial charge in [0, 0.05) is 27.7 Å². The van der Waals surface area contributed by atoms with E-state index in [1.807, 2.05) is 38.4 Å². The molecule has 0 saturated carbocycles. The molecule has 0 amide bonds. The normalized spacial score (nSPS) is 11.7. The summed E-state index contributed by atoms with van der Waals surface area (Å²) in [4.78, 5) is 11.2. The Bertz CT molecular complexity index is 835. The van der Waals surface area contributed by atoms with Gasteiger partial charge < -0.3 is 14.8 Å². The summed E-state index contributed by atoms with van der Waals surface area (Å²) in [6.07, 6.45) is 0. The summed E-state index contributed by atoms with van der Waals surface area (Å²) in [7, 11) is 5.89. The Labute approximate surface area is 142 Å². The zero-order valence-electron chi connectivity index (χ0n) is 14.4. The second-order valence-corrected chi connectivity index (χ2v) is 5.82. The molecule has 5 nitrogen and oxygen atoms in total. The van der Waals surface area contributed by atoms with Gasteiger partial charge in [0.05, 0.1) is 17.6 Å². The number of fused-ring (bicyclic) bond motifs is 1. The molecule has 2 aromatic carbocycles. The molecule has 0 spiro atoms. The first-order chi connectivity index (χ1) is 11.7. The smallest absolute Gasteiger partial charge is 0.194 e. The molecular weight excluding hydrogens is 298 g/mol. The molecule has 0 radical (unpaired) electrons. The number of benzene rings is 2. The van der Waals surface area contributed by atoms with Crippen LogP contribution in [-0.2, 0) is 20.1 Å². The number of aliphatic imine (C=N–C) groups is 1. The van der Waals surface area contributed by atoms with Gasteiger partial charge in [-0.1, -0.05) is 42.5 Å². The van der Waals surface area contributed by atoms with Crippen molar-refractivity contribution >= 4 is 17.0 Å². The first-order valence-electron chi connectivity index (χ1n) is 8.05. The third kappa shape index (κ3) is 3.40. The standard InChI is InChI=1S/C19H23N5/c1-20-19(23(2)14-15-9-5-4-6-10-15)21-13-18-22-16-11-7-8-12-17(16)24(18)3/h4-12H,13-14H2,1-3H3,(H,20,21). The number of imidazole rings is 1. The van der Waals surface area contributed by atoms with Gasteiger partial charge in [-0.2, -0.15) is 0 Å². The van der Waals surface area contributed by atoms with Crippen LogP contribution in [0.4, 0.5) is 0 Å². The van der Waals surface area contributed by atoms with Gasteiger partial charge in [-0.05, 0) is 17.7 Å². The van der Waals surface area contributed by atoms with Crippen LogP contribution in [0.1, 0.15) is 11.4 Å². The number of rotatable bonds is 4. The highest BCUT2D eigenvalue weighted by molar-refractivity contribution is 5.80. The fraction of sp³-hybridized carbons (Fsp3) is 0.263. The summed E-state index contributed by atoms with van der Waals surface area (Å²) >= 11 is 0. The lowest BCUT2D eigenvalue weighted by Gasteiger charge is -2.22. The monoisotopic (exact) mass is 321 g/mol. The van der Waals surface area contributed by atoms with Crippen LogP contribution in [0.5, 0.6) is 0 Å². The van der Waals surface area contributed by atoms with Gasteiger partial charge in [-0.25, -0.2) is 4.98 Å². The average Bonchev–Trinajstić information content (AvgIpc) is 2.93. The van der Waals surface area contributed by atoms with E-state index >= 15 is 0 Å². The molecule has 5 heteroatoms. The van der Waals surface area contributed by atoms with Crippen LogP contribution >= 0.6 is 0 Å². The highest BCUT2D eigenvalue weighted by Crippen LogP contribution is 2.14. The van der Waals surface area contributed by atoms with Crippen LogP contribution in [0.15, 0.2) is 59.6 Å². The average molecular weight is 321 g/mol. The van der Waals surface area contributed by atoms with Gasteiger partial charge >= 0.3 is 0 Å². The van der Waals surface area contributed by atoms with Gasteiger partial charge in [0.2, 0.25) is 0 Å². The van der Waals surface area contributed by atoms with Crippen LogP contribution < -0.4 is 5.32 Å². The molecule has 3 aromatic rings. The molecule has 0 bridgehead atoms. The van der Waals surface area contributed by atoms with Crippen molar-refractivity contribution in [1.82, 2.24) is 19.8 Å². The Kier molecular flexibility index (Phi) is 4.79. The zero-order chi connectivity index (χ0) is 16.9. The highest BCUT2D eigenvalue weighted by atomic mass is 15.3. The minimum Gasteiger partial charge on any atom is -0.349 e. The summed E-state index contributed by atoms with van der Waals surface area (Å²) < 4.78 is 2.12. The summed E-state index contributed by atoms with van der Waals surface area (Å²) in [6, 6.07) is 18.6. The molecule has 0 aliphatic carbocycles. The third-order valence-corrected chi connectivity index (χ3v) is 4.12. The van der Waals surface area contributed by atoms with Crippen LogP contribution in [-0.4, -0.2) is 34.5 Å². The summed E-state index contributed by atoms with van der Waals surface area (Å²) in [5.74, 6) is 1.84. The van der Waals surface area contributed by atoms with E-state index in [9.17, 15) is 0 Å². The van der Waals surface area contributed by atoms with Crippen LogP contribution in [0.3, 0.4) is 0 Å². The first-order valence-corrected chi connectivity index (χ1v) is 8.05. The quantitative estimate of drug-likeness (QED) is 0.594. The van der Waals surface area contributed by atoms with Crippen LogP contribution in [0.25, 0.3) is 11.0 Å². The minimum absolute atomic E-state index is 0.636. The van der Waals surface area contributed by atoms with Crippen molar-refractivity contribution in [2.24, 2.45) is 12.0 Å². The number of aromatic nitrogens is 2. The van der Waals surface area contributed by atoms with E-state index in [2.05, 4.69) is 55.1 Å². The van der Waals surface area contributed by atoms with E-state index in [0.717, 1.165) is 29.4 Å². The third-order valence-electron chi connectivity index (χ3n) is 4.12. The summed E-state index contributed by atoms with van der Waals surface area (Å²) in [5.41, 5.74) is 3.41. The molecule has 0 aliphatic heterocycles. The molecular formula is C19H23N5. The van der Waals surface area contributed by atoms with E-state index in [4.69, 9.17) is 0 Å². The Morgan fingerprint density at radius 3 is 2.54 bits per heavy atom. The SMILES string of the molecule is CN=C(NCc1nc2ccccc2n1C)N(C)Cc1ccccc1. The molecule has 0 unspecified atom stereocenters. The Morgan fingerprint density at radius 2 is 1.83 bits per heavy atom. The molecule has 0 atom stereocenters. The lowest BCUT2D eigenvalue weighted by atomic mass is 10.2. The second kappa shape index (κ2) is 7.17. The number of para-hydroxylation sites is 2. The Balaban J connectivity index is 1.68. The fourth-order valence-electron chi connectivity index (χ4n) is 2.83. The predicted molar refractivity (Wildman–Crippen MR) is 98.8 cm³/mol. The highest BCUT2D eigenvalue weighted by Gasteiger charge is 2.10. The van der Waals surface area contributed by atoms with Gasteiger partial charge in [-0.15, -0.1) is 0 Å². The molecule has 0 fully saturated rings. The maximum atomic E-state index is 4.69. The van der Waals surface area contributed by atoms with Crippen LogP contribution in [0, 0.1) is 0 Å². The van der Waals surface area contributed by atoms with E-state index in [-0.39, 0.29) is 0 Å². The zero-order valence-corrected chi connectivity index (χ0v) is 14.4. The molecule has 0 aliphatic rings. The number of nitrogens with one attached hydrogen (secondary N) is 1. The van der Waals surface area contributed by atoms with E-state index in [0.29, 0.717) is 6.54 Å². The maximum Gasteiger partial charge on any atom is 0.194 e. The Hall–Kier alpha value is -2.82. The van der Waals surface area contributed by atoms with Crippen molar-refractivity contribution in [3.63, 3.8) is 0 Å². The number of aryl methyl sites for hydroxylation is 1. The topological polar surface area (TPSA) is 45.5 Å². The number of guanidine groups is 1. The number of hydrogen-bond donors (Lipinski definition) is 1. The predicted octanol–water partition coefficient (Wildman–Crippen LogP) is 2.78.